The highest BCUT2D eigenvalue weighted by Crippen LogP contribution is 2.09. The fourth-order valence-corrected chi connectivity index (χ4v) is 0.783. The van der Waals surface area contributed by atoms with Gasteiger partial charge in [-0.05, 0) is 6.08 Å². The minimum atomic E-state index is 0.504. The van der Waals surface area contributed by atoms with E-state index >= 15 is 0 Å². The Kier molecular flexibility index (Phi) is 1.87. The summed E-state index contributed by atoms with van der Waals surface area (Å²) in [5.74, 6) is 0.527. The van der Waals surface area contributed by atoms with Crippen molar-refractivity contribution in [2.45, 2.75) is 0 Å². The van der Waals surface area contributed by atoms with Crippen molar-refractivity contribution in [1.82, 2.24) is 10.9 Å². The molecule has 0 bridgehead atoms. The van der Waals surface area contributed by atoms with Gasteiger partial charge in [0.25, 0.3) is 0 Å². The molecule has 10 heavy (non-hydrogen) atoms. The van der Waals surface area contributed by atoms with E-state index in [2.05, 4.69) is 17.4 Å². The lowest BCUT2D eigenvalue weighted by Gasteiger charge is -2.15. The summed E-state index contributed by atoms with van der Waals surface area (Å²) >= 11 is 5.61. The van der Waals surface area contributed by atoms with Gasteiger partial charge >= 0.3 is 0 Å². The zero-order valence-corrected chi connectivity index (χ0v) is 6.07. The van der Waals surface area contributed by atoms with E-state index in [0.717, 1.165) is 5.57 Å². The zero-order valence-electron chi connectivity index (χ0n) is 5.32. The number of rotatable bonds is 1. The summed E-state index contributed by atoms with van der Waals surface area (Å²) < 4.78 is 0. The smallest absolute Gasteiger partial charge is 0.122 e. The number of nitrogens with two attached hydrogens (primary N) is 1. The van der Waals surface area contributed by atoms with E-state index in [0.29, 0.717) is 11.0 Å². The first-order valence-corrected chi connectivity index (χ1v) is 3.13. The molecular weight excluding hydrogens is 150 g/mol. The van der Waals surface area contributed by atoms with Gasteiger partial charge in [-0.25, -0.2) is 0 Å². The number of hydrazine groups is 1. The second-order valence-corrected chi connectivity index (χ2v) is 2.22. The average molecular weight is 158 g/mol. The summed E-state index contributed by atoms with van der Waals surface area (Å²) in [4.78, 5) is 0. The third-order valence-electron chi connectivity index (χ3n) is 1.13. The van der Waals surface area contributed by atoms with Gasteiger partial charge in [0, 0.05) is 5.57 Å². The number of nitrogens with one attached hydrogen (secondary N) is 2. The highest BCUT2D eigenvalue weighted by molar-refractivity contribution is 6.29. The van der Waals surface area contributed by atoms with E-state index in [1.807, 2.05) is 0 Å². The lowest BCUT2D eigenvalue weighted by Crippen LogP contribution is -2.36. The monoisotopic (exact) mass is 157 g/mol. The molecule has 3 nitrogen and oxygen atoms in total. The Hall–Kier alpha value is -1.09. The quantitative estimate of drug-likeness (QED) is 0.487. The first-order chi connectivity index (χ1) is 4.74. The molecule has 0 amide bonds. The van der Waals surface area contributed by atoms with Crippen molar-refractivity contribution in [2.24, 2.45) is 5.73 Å². The van der Waals surface area contributed by atoms with Gasteiger partial charge in [-0.1, -0.05) is 24.3 Å². The molecule has 0 fully saturated rings. The Labute approximate surface area is 64.2 Å². The maximum Gasteiger partial charge on any atom is 0.122 e. The molecule has 1 heterocycles. The summed E-state index contributed by atoms with van der Waals surface area (Å²) in [5.41, 5.74) is 11.6. The van der Waals surface area contributed by atoms with E-state index in [1.165, 1.54) is 0 Å². The molecule has 0 saturated carbocycles. The Morgan fingerprint density at radius 2 is 2.30 bits per heavy atom. The maximum absolute atomic E-state index is 5.61. The molecule has 0 radical (unpaired) electrons. The lowest BCUT2D eigenvalue weighted by molar-refractivity contribution is 0.691. The molecule has 0 aromatic heterocycles. The minimum Gasteiger partial charge on any atom is -0.384 e. The lowest BCUT2D eigenvalue weighted by atomic mass is 10.2. The molecule has 0 unspecified atom stereocenters. The van der Waals surface area contributed by atoms with Crippen LogP contribution in [0.25, 0.3) is 0 Å². The number of hydrogen-bond donors (Lipinski definition) is 3. The van der Waals surface area contributed by atoms with Gasteiger partial charge in [-0.3, -0.25) is 10.9 Å². The van der Waals surface area contributed by atoms with Crippen LogP contribution < -0.4 is 16.6 Å². The van der Waals surface area contributed by atoms with Crippen LogP contribution in [0.15, 0.2) is 35.3 Å². The van der Waals surface area contributed by atoms with Crippen molar-refractivity contribution in [3.63, 3.8) is 0 Å². The van der Waals surface area contributed by atoms with Crippen molar-refractivity contribution in [1.29, 1.82) is 0 Å². The third-order valence-corrected chi connectivity index (χ3v) is 1.33. The third kappa shape index (κ3) is 1.25. The van der Waals surface area contributed by atoms with Gasteiger partial charge in [0.05, 0.1) is 0 Å². The average Bonchev–Trinajstić information content (AvgIpc) is 1.94. The van der Waals surface area contributed by atoms with Crippen molar-refractivity contribution < 1.29 is 0 Å². The van der Waals surface area contributed by atoms with Gasteiger partial charge in [-0.15, -0.1) is 0 Å². The van der Waals surface area contributed by atoms with Crippen molar-refractivity contribution in [2.75, 3.05) is 0 Å². The van der Waals surface area contributed by atoms with Crippen LogP contribution in [0.2, 0.25) is 0 Å². The van der Waals surface area contributed by atoms with Gasteiger partial charge in [-0.2, -0.15) is 0 Å². The van der Waals surface area contributed by atoms with E-state index in [9.17, 15) is 0 Å². The molecule has 54 valence electrons. The van der Waals surface area contributed by atoms with E-state index in [-0.39, 0.29) is 0 Å². The van der Waals surface area contributed by atoms with Gasteiger partial charge in [0.15, 0.2) is 0 Å². The predicted octanol–water partition coefficient (Wildman–Crippen LogP) is 0.531. The van der Waals surface area contributed by atoms with Gasteiger partial charge in [0.1, 0.15) is 11.0 Å². The first-order valence-electron chi connectivity index (χ1n) is 2.75. The Balaban J connectivity index is 2.92. The molecule has 1 aliphatic heterocycles. The molecule has 0 saturated heterocycles. The first kappa shape index (κ1) is 7.02. The molecule has 0 spiro atoms. The number of halogens is 1. The molecular formula is C6H8ClN3. The Morgan fingerprint density at radius 3 is 2.80 bits per heavy atom. The Bertz CT molecular complexity index is 217. The minimum absolute atomic E-state index is 0.504. The molecule has 0 atom stereocenters. The van der Waals surface area contributed by atoms with E-state index in [1.54, 1.807) is 12.2 Å². The number of hydrogen-bond acceptors (Lipinski definition) is 3. The standard InChI is InChI=1S/C6H8ClN3/c1-2-4-3-5(7)9-10-6(4)8/h2-3,9-10H,1,8H2. The summed E-state index contributed by atoms with van der Waals surface area (Å²) in [6.45, 7) is 3.56. The van der Waals surface area contributed by atoms with Crippen LogP contribution in [-0.4, -0.2) is 0 Å². The second-order valence-electron chi connectivity index (χ2n) is 1.82. The van der Waals surface area contributed by atoms with Gasteiger partial charge < -0.3 is 5.73 Å². The van der Waals surface area contributed by atoms with Crippen LogP contribution >= 0.6 is 11.6 Å². The molecule has 0 aromatic rings. The van der Waals surface area contributed by atoms with Crippen LogP contribution in [0.5, 0.6) is 0 Å². The molecule has 1 aliphatic rings. The second kappa shape index (κ2) is 2.66. The van der Waals surface area contributed by atoms with Crippen molar-refractivity contribution in [3.05, 3.63) is 35.3 Å². The fourth-order valence-electron chi connectivity index (χ4n) is 0.618. The largest absolute Gasteiger partial charge is 0.384 e. The Morgan fingerprint density at radius 1 is 1.60 bits per heavy atom. The predicted molar refractivity (Wildman–Crippen MR) is 41.6 cm³/mol. The van der Waals surface area contributed by atoms with Crippen LogP contribution in [0.4, 0.5) is 0 Å². The van der Waals surface area contributed by atoms with Crippen LogP contribution in [0.1, 0.15) is 0 Å². The van der Waals surface area contributed by atoms with Crippen molar-refractivity contribution >= 4 is 11.6 Å². The molecule has 0 aliphatic carbocycles. The van der Waals surface area contributed by atoms with Gasteiger partial charge in [0.2, 0.25) is 0 Å². The fraction of sp³-hybridized carbons (Fsp3) is 0. The number of allylic oxidation sites excluding steroid dienone is 3. The SMILES string of the molecule is C=CC1=C(N)NNC(Cl)=C1. The normalized spacial score (nSPS) is 17.1. The molecule has 4 N–H and O–H groups in total. The zero-order chi connectivity index (χ0) is 7.56. The molecule has 0 aromatic carbocycles. The van der Waals surface area contributed by atoms with E-state index < -0.39 is 0 Å². The highest BCUT2D eigenvalue weighted by Gasteiger charge is 2.03. The van der Waals surface area contributed by atoms with Crippen molar-refractivity contribution in [3.8, 4) is 0 Å². The van der Waals surface area contributed by atoms with Crippen LogP contribution in [0, 0.1) is 0 Å². The van der Waals surface area contributed by atoms with E-state index in [4.69, 9.17) is 17.3 Å². The highest BCUT2D eigenvalue weighted by atomic mass is 35.5. The summed E-state index contributed by atoms with van der Waals surface area (Å²) in [5, 5.41) is 0.504. The summed E-state index contributed by atoms with van der Waals surface area (Å²) in [6.07, 6.45) is 3.33. The summed E-state index contributed by atoms with van der Waals surface area (Å²) in [7, 11) is 0. The maximum atomic E-state index is 5.61. The van der Waals surface area contributed by atoms with Crippen LogP contribution in [-0.2, 0) is 0 Å². The van der Waals surface area contributed by atoms with Crippen LogP contribution in [0.3, 0.4) is 0 Å². The molecule has 4 heteroatoms. The molecule has 1 rings (SSSR count). The summed E-state index contributed by atoms with van der Waals surface area (Å²) in [6, 6.07) is 0. The topological polar surface area (TPSA) is 50.1 Å².